The molecular formula is C26H37N3O3. The molecule has 4 fully saturated rings. The summed E-state index contributed by atoms with van der Waals surface area (Å²) in [5, 5.41) is 3.07. The molecule has 6 nitrogen and oxygen atoms in total. The minimum Gasteiger partial charge on any atom is -0.366 e. The largest absolute Gasteiger partial charge is 0.366 e. The van der Waals surface area contributed by atoms with E-state index in [9.17, 15) is 9.59 Å². The van der Waals surface area contributed by atoms with Crippen LogP contribution in [0.1, 0.15) is 63.4 Å². The number of urea groups is 1. The summed E-state index contributed by atoms with van der Waals surface area (Å²) in [6, 6.07) is 10.5. The van der Waals surface area contributed by atoms with E-state index in [4.69, 9.17) is 4.74 Å². The van der Waals surface area contributed by atoms with Crippen molar-refractivity contribution in [2.24, 2.45) is 5.92 Å². The van der Waals surface area contributed by atoms with Crippen LogP contribution in [0, 0.1) is 5.92 Å². The van der Waals surface area contributed by atoms with Gasteiger partial charge in [0, 0.05) is 25.7 Å². The van der Waals surface area contributed by atoms with Crippen LogP contribution in [0.4, 0.5) is 4.79 Å². The average Bonchev–Trinajstić information content (AvgIpc) is 3.65. The second-order valence-corrected chi connectivity index (χ2v) is 10.2. The van der Waals surface area contributed by atoms with Crippen LogP contribution >= 0.6 is 0 Å². The molecule has 1 atom stereocenters. The zero-order chi connectivity index (χ0) is 22.0. The van der Waals surface area contributed by atoms with Gasteiger partial charge in [0.1, 0.15) is 0 Å². The van der Waals surface area contributed by atoms with Crippen LogP contribution < -0.4 is 5.32 Å². The first-order valence-corrected chi connectivity index (χ1v) is 12.7. The third-order valence-corrected chi connectivity index (χ3v) is 7.99. The van der Waals surface area contributed by atoms with Gasteiger partial charge in [-0.2, -0.15) is 0 Å². The summed E-state index contributed by atoms with van der Waals surface area (Å²) >= 11 is 0. The Kier molecular flexibility index (Phi) is 6.40. The number of ether oxygens (including phenoxy) is 1. The van der Waals surface area contributed by atoms with Crippen molar-refractivity contribution in [3.05, 3.63) is 35.9 Å². The summed E-state index contributed by atoms with van der Waals surface area (Å²) < 4.78 is 6.20. The molecule has 2 aliphatic heterocycles. The van der Waals surface area contributed by atoms with Crippen molar-refractivity contribution in [2.45, 2.75) is 81.9 Å². The summed E-state index contributed by atoms with van der Waals surface area (Å²) in [4.78, 5) is 29.9. The van der Waals surface area contributed by atoms with Crippen LogP contribution in [-0.4, -0.2) is 65.7 Å². The molecule has 2 heterocycles. The molecule has 0 aromatic heterocycles. The van der Waals surface area contributed by atoms with Gasteiger partial charge in [-0.3, -0.25) is 4.79 Å². The van der Waals surface area contributed by atoms with Crippen molar-refractivity contribution in [1.82, 2.24) is 15.1 Å². The van der Waals surface area contributed by atoms with Crippen LogP contribution in [-0.2, 0) is 16.0 Å². The van der Waals surface area contributed by atoms with Gasteiger partial charge >= 0.3 is 6.03 Å². The van der Waals surface area contributed by atoms with Gasteiger partial charge in [0.2, 0.25) is 0 Å². The summed E-state index contributed by atoms with van der Waals surface area (Å²) in [6.07, 6.45) is 10.7. The molecule has 1 N–H and O–H groups in total. The molecular weight excluding hydrogens is 402 g/mol. The maximum Gasteiger partial charge on any atom is 0.317 e. The number of hydrogen-bond donors (Lipinski definition) is 1. The molecule has 3 amide bonds. The fraction of sp³-hybridized carbons (Fsp3) is 0.692. The van der Waals surface area contributed by atoms with Gasteiger partial charge in [-0.1, -0.05) is 49.6 Å². The second-order valence-electron chi connectivity index (χ2n) is 10.2. The lowest BCUT2D eigenvalue weighted by Gasteiger charge is -2.62. The van der Waals surface area contributed by atoms with E-state index in [1.807, 2.05) is 23.1 Å². The molecule has 174 valence electrons. The Labute approximate surface area is 191 Å². The fourth-order valence-electron chi connectivity index (χ4n) is 5.99. The van der Waals surface area contributed by atoms with Crippen molar-refractivity contribution in [2.75, 3.05) is 26.2 Å². The fourth-order valence-corrected chi connectivity index (χ4v) is 5.99. The topological polar surface area (TPSA) is 61.9 Å². The summed E-state index contributed by atoms with van der Waals surface area (Å²) in [5.41, 5.74) is 1.16. The van der Waals surface area contributed by atoms with Gasteiger partial charge in [-0.15, -0.1) is 0 Å². The predicted octanol–water partition coefficient (Wildman–Crippen LogP) is 3.74. The Morgan fingerprint density at radius 3 is 2.44 bits per heavy atom. The Morgan fingerprint density at radius 2 is 1.75 bits per heavy atom. The quantitative estimate of drug-likeness (QED) is 0.659. The highest BCUT2D eigenvalue weighted by Crippen LogP contribution is 2.48. The number of amides is 3. The maximum absolute atomic E-state index is 13.2. The Hall–Kier alpha value is -2.08. The van der Waals surface area contributed by atoms with Gasteiger partial charge in [-0.25, -0.2) is 4.79 Å². The van der Waals surface area contributed by atoms with Gasteiger partial charge in [0.25, 0.3) is 5.91 Å². The van der Waals surface area contributed by atoms with E-state index in [-0.39, 0.29) is 29.6 Å². The molecule has 1 spiro atoms. The third kappa shape index (κ3) is 4.39. The normalized spacial score (nSPS) is 25.6. The highest BCUT2D eigenvalue weighted by atomic mass is 16.5. The summed E-state index contributed by atoms with van der Waals surface area (Å²) in [5.74, 6) is 0.888. The second kappa shape index (κ2) is 9.42. The van der Waals surface area contributed by atoms with E-state index in [2.05, 4.69) is 22.3 Å². The summed E-state index contributed by atoms with van der Waals surface area (Å²) in [6.45, 7) is 2.84. The molecule has 0 bridgehead atoms. The standard InChI is InChI=1S/C26H37N3O3/c30-24-23(32-19-21-9-10-21)26(14-5-2-6-15-26)29(24)22-12-17-28(18-13-22)25(31)27-16-11-20-7-3-1-4-8-20/h1,3-4,7-8,21-23H,2,5-6,9-19H2,(H,27,31). The van der Waals surface area contributed by atoms with E-state index in [1.165, 1.54) is 37.7 Å². The number of nitrogens with one attached hydrogen (secondary N) is 1. The number of piperidine rings is 1. The van der Waals surface area contributed by atoms with Crippen molar-refractivity contribution in [3.8, 4) is 0 Å². The first-order chi connectivity index (χ1) is 15.7. The van der Waals surface area contributed by atoms with Crippen molar-refractivity contribution >= 4 is 11.9 Å². The minimum absolute atomic E-state index is 0.0207. The van der Waals surface area contributed by atoms with Crippen molar-refractivity contribution in [1.29, 1.82) is 0 Å². The summed E-state index contributed by atoms with van der Waals surface area (Å²) in [7, 11) is 0. The Bertz CT molecular complexity index is 796. The van der Waals surface area contributed by atoms with Crippen LogP contribution in [0.3, 0.4) is 0 Å². The SMILES string of the molecule is O=C(NCCc1ccccc1)N1CCC(N2C(=O)C(OCC3CC3)C23CCCCC3)CC1. The number of carbonyl (C=O) groups is 2. The monoisotopic (exact) mass is 439 g/mol. The molecule has 4 aliphatic rings. The van der Waals surface area contributed by atoms with Crippen molar-refractivity contribution in [3.63, 3.8) is 0 Å². The predicted molar refractivity (Wildman–Crippen MR) is 123 cm³/mol. The van der Waals surface area contributed by atoms with Gasteiger partial charge in [0.05, 0.1) is 12.1 Å². The van der Waals surface area contributed by atoms with Gasteiger partial charge in [-0.05, 0) is 56.4 Å². The smallest absolute Gasteiger partial charge is 0.317 e. The lowest BCUT2D eigenvalue weighted by molar-refractivity contribution is -0.211. The number of carbonyl (C=O) groups excluding carboxylic acids is 2. The number of rotatable bonds is 7. The minimum atomic E-state index is -0.220. The molecule has 0 radical (unpaired) electrons. The molecule has 5 rings (SSSR count). The lowest BCUT2D eigenvalue weighted by atomic mass is 9.68. The Morgan fingerprint density at radius 1 is 1.03 bits per heavy atom. The first kappa shape index (κ1) is 21.7. The lowest BCUT2D eigenvalue weighted by Crippen LogP contribution is -2.78. The number of likely N-dealkylation sites (tertiary alicyclic amines) is 2. The first-order valence-electron chi connectivity index (χ1n) is 12.7. The molecule has 1 aromatic carbocycles. The molecule has 1 unspecified atom stereocenters. The zero-order valence-corrected chi connectivity index (χ0v) is 19.1. The van der Waals surface area contributed by atoms with Crippen molar-refractivity contribution < 1.29 is 14.3 Å². The molecule has 2 saturated heterocycles. The number of nitrogens with zero attached hydrogens (tertiary/aromatic N) is 2. The van der Waals surface area contributed by atoms with Crippen LogP contribution in [0.5, 0.6) is 0 Å². The highest BCUT2D eigenvalue weighted by Gasteiger charge is 2.62. The number of hydrogen-bond acceptors (Lipinski definition) is 3. The van der Waals surface area contributed by atoms with Crippen LogP contribution in [0.15, 0.2) is 30.3 Å². The molecule has 2 saturated carbocycles. The van der Waals surface area contributed by atoms with Crippen LogP contribution in [0.2, 0.25) is 0 Å². The van der Waals surface area contributed by atoms with E-state index < -0.39 is 0 Å². The van der Waals surface area contributed by atoms with E-state index >= 15 is 0 Å². The average molecular weight is 440 g/mol. The number of benzene rings is 1. The highest BCUT2D eigenvalue weighted by molar-refractivity contribution is 5.91. The van der Waals surface area contributed by atoms with Gasteiger partial charge in [0.15, 0.2) is 6.10 Å². The number of β-lactam (4-membered cyclic amide) rings is 1. The molecule has 2 aliphatic carbocycles. The molecule has 6 heteroatoms. The molecule has 1 aromatic rings. The third-order valence-electron chi connectivity index (χ3n) is 7.99. The Balaban J connectivity index is 1.13. The van der Waals surface area contributed by atoms with E-state index in [0.29, 0.717) is 12.5 Å². The maximum atomic E-state index is 13.2. The van der Waals surface area contributed by atoms with Gasteiger partial charge < -0.3 is 19.9 Å². The zero-order valence-electron chi connectivity index (χ0n) is 19.1. The van der Waals surface area contributed by atoms with E-state index in [0.717, 1.165) is 51.8 Å². The van der Waals surface area contributed by atoms with Crippen LogP contribution in [0.25, 0.3) is 0 Å². The van der Waals surface area contributed by atoms with E-state index in [1.54, 1.807) is 0 Å². The molecule has 32 heavy (non-hydrogen) atoms.